The molecule has 2 amide bonds. The van der Waals surface area contributed by atoms with Gasteiger partial charge in [0.05, 0.1) is 5.36 Å². The smallest absolute Gasteiger partial charge is 0.279 e. The summed E-state index contributed by atoms with van der Waals surface area (Å²) < 4.78 is 14.2. The van der Waals surface area contributed by atoms with Crippen LogP contribution in [0.2, 0.25) is 0 Å². The molecular weight excluding hydrogens is 417 g/mol. The standard InChI is InChI=1S/C22H20FN5O2S/c1-2-3-6-11-31-21-25-19(29)18-14-7-4-5-8-16(14)26-22(28(18)27-21)15-12-13(23)9-10-17(15)24-20(22)30/h4-5,7-10,12H,2-3,6,11H2,1H3,(H,24,30)(H,25,27,29). The van der Waals surface area contributed by atoms with Crippen molar-refractivity contribution in [2.75, 3.05) is 11.1 Å². The summed E-state index contributed by atoms with van der Waals surface area (Å²) in [5.41, 5.74) is -0.685. The molecule has 9 heteroatoms. The number of amidine groups is 1. The zero-order valence-corrected chi connectivity index (χ0v) is 17.6. The SMILES string of the molecule is CCCCCSC1=NN2C(=c3ccccc3=NC23C(=O)Nc2ccc(F)cc23)C(=O)N1. The molecule has 0 saturated heterocycles. The van der Waals surface area contributed by atoms with Crippen molar-refractivity contribution >= 4 is 40.1 Å². The van der Waals surface area contributed by atoms with Crippen LogP contribution in [0.25, 0.3) is 5.70 Å². The molecule has 2 aromatic carbocycles. The zero-order valence-electron chi connectivity index (χ0n) is 16.8. The lowest BCUT2D eigenvalue weighted by Gasteiger charge is -2.39. The second-order valence-corrected chi connectivity index (χ2v) is 8.60. The minimum absolute atomic E-state index is 0.218. The second-order valence-electron chi connectivity index (χ2n) is 7.52. The highest BCUT2D eigenvalue weighted by atomic mass is 32.2. The molecule has 0 saturated carbocycles. The van der Waals surface area contributed by atoms with Gasteiger partial charge in [-0.2, -0.15) is 0 Å². The average Bonchev–Trinajstić information content (AvgIpc) is 3.03. The van der Waals surface area contributed by atoms with Gasteiger partial charge >= 0.3 is 0 Å². The fourth-order valence-electron chi connectivity index (χ4n) is 4.03. The molecule has 0 aromatic heterocycles. The predicted molar refractivity (Wildman–Crippen MR) is 117 cm³/mol. The molecule has 0 aliphatic carbocycles. The van der Waals surface area contributed by atoms with E-state index in [0.717, 1.165) is 25.0 Å². The van der Waals surface area contributed by atoms with Gasteiger partial charge in [0.25, 0.3) is 17.5 Å². The van der Waals surface area contributed by atoms with Crippen molar-refractivity contribution in [2.24, 2.45) is 10.1 Å². The van der Waals surface area contributed by atoms with Crippen molar-refractivity contribution < 1.29 is 14.0 Å². The highest BCUT2D eigenvalue weighted by molar-refractivity contribution is 8.13. The first kappa shape index (κ1) is 19.7. The number of carbonyl (C=O) groups is 2. The number of hydrazone groups is 1. The van der Waals surface area contributed by atoms with Crippen LogP contribution in [0.4, 0.5) is 10.1 Å². The molecule has 1 spiro atoms. The number of benzene rings is 2. The minimum atomic E-state index is -1.69. The first-order chi connectivity index (χ1) is 15.0. The molecule has 5 rings (SSSR count). The highest BCUT2D eigenvalue weighted by Crippen LogP contribution is 2.45. The quantitative estimate of drug-likeness (QED) is 0.717. The van der Waals surface area contributed by atoms with Crippen LogP contribution in [0.1, 0.15) is 31.7 Å². The lowest BCUT2D eigenvalue weighted by Crippen LogP contribution is -2.59. The zero-order chi connectivity index (χ0) is 21.6. The maximum absolute atomic E-state index is 14.2. The Balaban J connectivity index is 1.72. The van der Waals surface area contributed by atoms with E-state index in [1.54, 1.807) is 24.3 Å². The van der Waals surface area contributed by atoms with Gasteiger partial charge < -0.3 is 5.32 Å². The van der Waals surface area contributed by atoms with Crippen molar-refractivity contribution in [2.45, 2.75) is 31.8 Å². The number of nitrogens with zero attached hydrogens (tertiary/aromatic N) is 3. The fraction of sp³-hybridized carbons (Fsp3) is 0.273. The van der Waals surface area contributed by atoms with Crippen LogP contribution in [0.3, 0.4) is 0 Å². The number of halogens is 1. The van der Waals surface area contributed by atoms with Crippen LogP contribution in [-0.4, -0.2) is 27.7 Å². The molecule has 2 N–H and O–H groups in total. The number of hydrogen-bond acceptors (Lipinski definition) is 6. The van der Waals surface area contributed by atoms with Crippen molar-refractivity contribution in [3.05, 3.63) is 64.4 Å². The Labute approximate surface area is 182 Å². The first-order valence-electron chi connectivity index (χ1n) is 10.2. The predicted octanol–water partition coefficient (Wildman–Crippen LogP) is 2.00. The summed E-state index contributed by atoms with van der Waals surface area (Å²) in [6.45, 7) is 2.12. The largest absolute Gasteiger partial charge is 0.321 e. The van der Waals surface area contributed by atoms with Crippen molar-refractivity contribution in [1.82, 2.24) is 10.3 Å². The van der Waals surface area contributed by atoms with E-state index in [1.807, 2.05) is 0 Å². The van der Waals surface area contributed by atoms with E-state index in [0.29, 0.717) is 27.0 Å². The fourth-order valence-corrected chi connectivity index (χ4v) is 4.88. The monoisotopic (exact) mass is 437 g/mol. The molecule has 0 fully saturated rings. The van der Waals surface area contributed by atoms with E-state index in [-0.39, 0.29) is 11.6 Å². The number of unbranched alkanes of at least 4 members (excludes halogenated alkanes) is 2. The molecule has 3 heterocycles. The number of amides is 2. The van der Waals surface area contributed by atoms with E-state index >= 15 is 0 Å². The third kappa shape index (κ3) is 3.03. The van der Waals surface area contributed by atoms with Gasteiger partial charge in [-0.05, 0) is 30.7 Å². The Hall–Kier alpha value is -3.20. The Morgan fingerprint density at radius 2 is 1.97 bits per heavy atom. The third-order valence-corrected chi connectivity index (χ3v) is 6.44. The van der Waals surface area contributed by atoms with Crippen LogP contribution < -0.4 is 21.2 Å². The van der Waals surface area contributed by atoms with Crippen molar-refractivity contribution in [3.63, 3.8) is 0 Å². The maximum Gasteiger partial charge on any atom is 0.279 e. The molecule has 158 valence electrons. The summed E-state index contributed by atoms with van der Waals surface area (Å²) in [6.07, 6.45) is 3.15. The molecule has 7 nitrogen and oxygen atoms in total. The van der Waals surface area contributed by atoms with Gasteiger partial charge in [-0.3, -0.25) is 14.9 Å². The van der Waals surface area contributed by atoms with Crippen molar-refractivity contribution in [1.29, 1.82) is 0 Å². The van der Waals surface area contributed by atoms with Gasteiger partial charge in [0.2, 0.25) is 0 Å². The number of anilines is 1. The third-order valence-electron chi connectivity index (χ3n) is 5.49. The van der Waals surface area contributed by atoms with E-state index < -0.39 is 17.4 Å². The van der Waals surface area contributed by atoms with Crippen LogP contribution in [-0.2, 0) is 15.3 Å². The normalized spacial score (nSPS) is 21.0. The summed E-state index contributed by atoms with van der Waals surface area (Å²) in [5, 5.41) is 13.1. The Morgan fingerprint density at radius 1 is 1.13 bits per heavy atom. The molecule has 1 atom stereocenters. The summed E-state index contributed by atoms with van der Waals surface area (Å²) in [4.78, 5) is 31.2. The lowest BCUT2D eigenvalue weighted by molar-refractivity contribution is -0.127. The molecule has 0 radical (unpaired) electrons. The molecule has 2 aromatic rings. The van der Waals surface area contributed by atoms with Crippen LogP contribution >= 0.6 is 11.8 Å². The van der Waals surface area contributed by atoms with Crippen molar-refractivity contribution in [3.8, 4) is 0 Å². The highest BCUT2D eigenvalue weighted by Gasteiger charge is 2.56. The molecule has 31 heavy (non-hydrogen) atoms. The van der Waals surface area contributed by atoms with Gasteiger partial charge in [0.15, 0.2) is 5.17 Å². The van der Waals surface area contributed by atoms with E-state index in [2.05, 4.69) is 22.7 Å². The summed E-state index contributed by atoms with van der Waals surface area (Å²) in [7, 11) is 0. The lowest BCUT2D eigenvalue weighted by atomic mass is 9.97. The van der Waals surface area contributed by atoms with Gasteiger partial charge in [-0.15, -0.1) is 5.10 Å². The molecular formula is C22H20FN5O2S. The first-order valence-corrected chi connectivity index (χ1v) is 11.2. The number of carbonyl (C=O) groups excluding carboxylic acids is 2. The topological polar surface area (TPSA) is 86.2 Å². The van der Waals surface area contributed by atoms with Gasteiger partial charge in [-0.1, -0.05) is 49.7 Å². The molecule has 3 aliphatic heterocycles. The van der Waals surface area contributed by atoms with E-state index in [9.17, 15) is 14.0 Å². The van der Waals surface area contributed by atoms with Crippen LogP contribution in [0, 0.1) is 5.82 Å². The summed E-state index contributed by atoms with van der Waals surface area (Å²) in [5.74, 6) is -0.556. The number of hydrogen-bond donors (Lipinski definition) is 2. The minimum Gasteiger partial charge on any atom is -0.321 e. The van der Waals surface area contributed by atoms with Gasteiger partial charge in [-0.25, -0.2) is 14.4 Å². The van der Waals surface area contributed by atoms with E-state index in [1.165, 1.54) is 35.0 Å². The summed E-state index contributed by atoms with van der Waals surface area (Å²) >= 11 is 1.42. The maximum atomic E-state index is 14.2. The van der Waals surface area contributed by atoms with E-state index in [4.69, 9.17) is 4.99 Å². The van der Waals surface area contributed by atoms with Gasteiger partial charge in [0, 0.05) is 22.2 Å². The second kappa shape index (κ2) is 7.49. The molecule has 1 unspecified atom stereocenters. The van der Waals surface area contributed by atoms with Gasteiger partial charge in [0.1, 0.15) is 11.5 Å². The Morgan fingerprint density at radius 3 is 2.81 bits per heavy atom. The summed E-state index contributed by atoms with van der Waals surface area (Å²) in [6, 6.07) is 11.1. The van der Waals surface area contributed by atoms with Crippen LogP contribution in [0.5, 0.6) is 0 Å². The molecule has 3 aliphatic rings. The van der Waals surface area contributed by atoms with Crippen LogP contribution in [0.15, 0.2) is 52.6 Å². The Bertz CT molecular complexity index is 1260. The Kier molecular flexibility index (Phi) is 4.77. The molecule has 0 bridgehead atoms. The number of para-hydroxylation sites is 1. The number of thioether (sulfide) groups is 1. The number of nitrogens with one attached hydrogen (secondary N) is 2. The number of rotatable bonds is 4. The average molecular weight is 438 g/mol. The number of fused-ring (bicyclic) bond motifs is 5.